The normalized spacial score (nSPS) is 10.9. The fraction of sp³-hybridized carbons (Fsp3) is 0.200. The first-order chi connectivity index (χ1) is 9.33. The van der Waals surface area contributed by atoms with Crippen LogP contribution in [0.4, 0.5) is 5.82 Å². The van der Waals surface area contributed by atoms with E-state index in [-0.39, 0.29) is 0 Å². The van der Waals surface area contributed by atoms with Gasteiger partial charge in [0, 0.05) is 17.8 Å². The molecule has 0 spiro atoms. The molecule has 2 aromatic heterocycles. The molecule has 4 nitrogen and oxygen atoms in total. The standard InChI is InChI=1S/C15H16N4/c16-14-11-13(18-15-9-10-17-19(14)15)8-4-7-12-5-2-1-3-6-12/h1-3,5-6,9-11H,4,7-8,16H2. The Hall–Kier alpha value is -2.36. The second-order valence-corrected chi connectivity index (χ2v) is 4.61. The van der Waals surface area contributed by atoms with Crippen LogP contribution >= 0.6 is 0 Å². The van der Waals surface area contributed by atoms with Crippen LogP contribution in [0.25, 0.3) is 5.65 Å². The van der Waals surface area contributed by atoms with Crippen molar-refractivity contribution in [3.63, 3.8) is 0 Å². The fourth-order valence-electron chi connectivity index (χ4n) is 2.24. The number of hydrogen-bond acceptors (Lipinski definition) is 3. The van der Waals surface area contributed by atoms with Gasteiger partial charge in [0.25, 0.3) is 0 Å². The molecule has 4 heteroatoms. The molecule has 0 atom stereocenters. The van der Waals surface area contributed by atoms with Crippen molar-refractivity contribution < 1.29 is 0 Å². The second kappa shape index (κ2) is 5.10. The topological polar surface area (TPSA) is 56.2 Å². The maximum absolute atomic E-state index is 5.94. The van der Waals surface area contributed by atoms with Crippen LogP contribution < -0.4 is 5.73 Å². The van der Waals surface area contributed by atoms with Gasteiger partial charge in [0.2, 0.25) is 0 Å². The van der Waals surface area contributed by atoms with Crippen LogP contribution in [0.15, 0.2) is 48.7 Å². The molecule has 96 valence electrons. The van der Waals surface area contributed by atoms with E-state index in [0.29, 0.717) is 5.82 Å². The Balaban J connectivity index is 1.68. The van der Waals surface area contributed by atoms with Crippen LogP contribution in [-0.2, 0) is 12.8 Å². The third-order valence-corrected chi connectivity index (χ3v) is 3.18. The van der Waals surface area contributed by atoms with E-state index in [0.717, 1.165) is 30.6 Å². The van der Waals surface area contributed by atoms with Crippen molar-refractivity contribution in [1.29, 1.82) is 0 Å². The lowest BCUT2D eigenvalue weighted by atomic mass is 10.1. The van der Waals surface area contributed by atoms with Gasteiger partial charge in [-0.25, -0.2) is 4.98 Å². The van der Waals surface area contributed by atoms with E-state index in [1.165, 1.54) is 5.56 Å². The second-order valence-electron chi connectivity index (χ2n) is 4.61. The predicted molar refractivity (Wildman–Crippen MR) is 75.9 cm³/mol. The van der Waals surface area contributed by atoms with Gasteiger partial charge in [-0.2, -0.15) is 9.61 Å². The molecule has 0 aliphatic carbocycles. The van der Waals surface area contributed by atoms with Crippen molar-refractivity contribution in [2.24, 2.45) is 0 Å². The van der Waals surface area contributed by atoms with E-state index in [4.69, 9.17) is 5.73 Å². The van der Waals surface area contributed by atoms with Gasteiger partial charge in [-0.1, -0.05) is 30.3 Å². The van der Waals surface area contributed by atoms with Crippen molar-refractivity contribution in [3.05, 3.63) is 59.9 Å². The monoisotopic (exact) mass is 252 g/mol. The Morgan fingerprint density at radius 3 is 2.74 bits per heavy atom. The summed E-state index contributed by atoms with van der Waals surface area (Å²) in [5, 5.41) is 4.12. The fourth-order valence-corrected chi connectivity index (χ4v) is 2.24. The SMILES string of the molecule is Nc1cc(CCCc2ccccc2)nc2ccnn12. The number of benzene rings is 1. The summed E-state index contributed by atoms with van der Waals surface area (Å²) >= 11 is 0. The maximum Gasteiger partial charge on any atom is 0.157 e. The zero-order chi connectivity index (χ0) is 13.1. The third kappa shape index (κ3) is 2.57. The minimum absolute atomic E-state index is 0.643. The average Bonchev–Trinajstić information content (AvgIpc) is 2.89. The molecule has 2 N–H and O–H groups in total. The number of hydrogen-bond donors (Lipinski definition) is 1. The summed E-state index contributed by atoms with van der Waals surface area (Å²) in [7, 11) is 0. The highest BCUT2D eigenvalue weighted by atomic mass is 15.3. The molecule has 0 saturated carbocycles. The van der Waals surface area contributed by atoms with E-state index in [1.54, 1.807) is 10.7 Å². The summed E-state index contributed by atoms with van der Waals surface area (Å²) in [5.74, 6) is 0.643. The van der Waals surface area contributed by atoms with Crippen molar-refractivity contribution in [2.45, 2.75) is 19.3 Å². The molecule has 19 heavy (non-hydrogen) atoms. The Labute approximate surface area is 111 Å². The predicted octanol–water partition coefficient (Wildman–Crippen LogP) is 2.49. The largest absolute Gasteiger partial charge is 0.384 e. The summed E-state index contributed by atoms with van der Waals surface area (Å²) in [4.78, 5) is 4.55. The Morgan fingerprint density at radius 2 is 1.89 bits per heavy atom. The number of nitrogen functional groups attached to an aromatic ring is 1. The quantitative estimate of drug-likeness (QED) is 0.776. The summed E-state index contributed by atoms with van der Waals surface area (Å²) in [6.45, 7) is 0. The molecule has 0 fully saturated rings. The van der Waals surface area contributed by atoms with Gasteiger partial charge in [0.1, 0.15) is 5.82 Å². The average molecular weight is 252 g/mol. The van der Waals surface area contributed by atoms with Crippen LogP contribution in [0.2, 0.25) is 0 Å². The van der Waals surface area contributed by atoms with Gasteiger partial charge < -0.3 is 5.73 Å². The van der Waals surface area contributed by atoms with Crippen molar-refractivity contribution in [2.75, 3.05) is 5.73 Å². The zero-order valence-electron chi connectivity index (χ0n) is 10.7. The number of nitrogens with zero attached hydrogens (tertiary/aromatic N) is 3. The van der Waals surface area contributed by atoms with Crippen LogP contribution in [0.1, 0.15) is 17.7 Å². The highest BCUT2D eigenvalue weighted by Gasteiger charge is 2.03. The minimum atomic E-state index is 0.643. The van der Waals surface area contributed by atoms with Crippen LogP contribution in [-0.4, -0.2) is 14.6 Å². The molecule has 3 aromatic rings. The molecule has 0 unspecified atom stereocenters. The summed E-state index contributed by atoms with van der Waals surface area (Å²) in [6, 6.07) is 14.3. The molecule has 0 saturated heterocycles. The molecule has 0 aliphatic heterocycles. The first-order valence-corrected chi connectivity index (χ1v) is 6.46. The molecule has 2 heterocycles. The van der Waals surface area contributed by atoms with E-state index in [2.05, 4.69) is 34.3 Å². The molecule has 3 rings (SSSR count). The number of rotatable bonds is 4. The molecule has 0 radical (unpaired) electrons. The molecular weight excluding hydrogens is 236 g/mol. The number of aromatic nitrogens is 3. The van der Waals surface area contributed by atoms with Gasteiger partial charge >= 0.3 is 0 Å². The van der Waals surface area contributed by atoms with Crippen LogP contribution in [0, 0.1) is 0 Å². The Morgan fingerprint density at radius 1 is 1.05 bits per heavy atom. The van der Waals surface area contributed by atoms with Gasteiger partial charge in [-0.15, -0.1) is 0 Å². The van der Waals surface area contributed by atoms with E-state index >= 15 is 0 Å². The number of fused-ring (bicyclic) bond motifs is 1. The Kier molecular flexibility index (Phi) is 3.14. The van der Waals surface area contributed by atoms with Crippen LogP contribution in [0.5, 0.6) is 0 Å². The number of aryl methyl sites for hydroxylation is 2. The molecule has 1 aromatic carbocycles. The van der Waals surface area contributed by atoms with E-state index in [1.807, 2.05) is 18.2 Å². The number of nitrogens with two attached hydrogens (primary N) is 1. The van der Waals surface area contributed by atoms with Gasteiger partial charge in [-0.05, 0) is 24.8 Å². The maximum atomic E-state index is 5.94. The van der Waals surface area contributed by atoms with Crippen LogP contribution in [0.3, 0.4) is 0 Å². The lowest BCUT2D eigenvalue weighted by molar-refractivity contribution is 0.794. The van der Waals surface area contributed by atoms with E-state index in [9.17, 15) is 0 Å². The van der Waals surface area contributed by atoms with Gasteiger partial charge in [0.15, 0.2) is 5.65 Å². The molecule has 0 aliphatic rings. The zero-order valence-corrected chi connectivity index (χ0v) is 10.7. The molecule has 0 amide bonds. The summed E-state index contributed by atoms with van der Waals surface area (Å²) in [6.07, 6.45) is 4.78. The number of anilines is 1. The minimum Gasteiger partial charge on any atom is -0.384 e. The van der Waals surface area contributed by atoms with Crippen molar-refractivity contribution in [1.82, 2.24) is 14.6 Å². The lowest BCUT2D eigenvalue weighted by Gasteiger charge is -2.04. The molecular formula is C15H16N4. The first kappa shape index (κ1) is 11.7. The van der Waals surface area contributed by atoms with E-state index < -0.39 is 0 Å². The lowest BCUT2D eigenvalue weighted by Crippen LogP contribution is -2.03. The van der Waals surface area contributed by atoms with Gasteiger partial charge in [-0.3, -0.25) is 0 Å². The first-order valence-electron chi connectivity index (χ1n) is 6.46. The summed E-state index contributed by atoms with van der Waals surface area (Å²) < 4.78 is 1.65. The van der Waals surface area contributed by atoms with Gasteiger partial charge in [0.05, 0.1) is 6.20 Å². The highest BCUT2D eigenvalue weighted by Crippen LogP contribution is 2.12. The third-order valence-electron chi connectivity index (χ3n) is 3.18. The molecule has 0 bridgehead atoms. The van der Waals surface area contributed by atoms with Crippen molar-refractivity contribution in [3.8, 4) is 0 Å². The smallest absolute Gasteiger partial charge is 0.157 e. The highest BCUT2D eigenvalue weighted by molar-refractivity contribution is 5.46. The Bertz CT molecular complexity index is 673. The van der Waals surface area contributed by atoms with Crippen molar-refractivity contribution >= 4 is 11.5 Å². The summed E-state index contributed by atoms with van der Waals surface area (Å²) in [5.41, 5.74) is 9.15.